The van der Waals surface area contributed by atoms with Gasteiger partial charge in [0.15, 0.2) is 0 Å². The normalized spacial score (nSPS) is 15.8. The summed E-state index contributed by atoms with van der Waals surface area (Å²) in [5.74, 6) is -1.11. The Bertz CT molecular complexity index is 614. The van der Waals surface area contributed by atoms with Gasteiger partial charge in [-0.15, -0.1) is 0 Å². The number of primary amides is 1. The molecule has 1 fully saturated rings. The Hall–Kier alpha value is -2.68. The molecule has 0 aromatic heterocycles. The number of carbonyl (C=O) groups is 3. The van der Waals surface area contributed by atoms with Crippen LogP contribution in [-0.2, 0) is 4.79 Å². The predicted octanol–water partition coefficient (Wildman–Crippen LogP) is -0.861. The van der Waals surface area contributed by atoms with Crippen LogP contribution in [0.3, 0.4) is 0 Å². The van der Waals surface area contributed by atoms with E-state index < -0.39 is 30.4 Å². The van der Waals surface area contributed by atoms with Gasteiger partial charge in [0.05, 0.1) is 6.61 Å². The van der Waals surface area contributed by atoms with Crippen LogP contribution in [0.2, 0.25) is 0 Å². The lowest BCUT2D eigenvalue weighted by atomic mass is 10.1. The van der Waals surface area contributed by atoms with Crippen LogP contribution in [0.25, 0.3) is 0 Å². The third kappa shape index (κ3) is 4.19. The second-order valence-electron chi connectivity index (χ2n) is 5.37. The maximum absolute atomic E-state index is 12.9. The molecule has 0 saturated carbocycles. The molecule has 1 aliphatic rings. The van der Waals surface area contributed by atoms with Gasteiger partial charge in [-0.05, 0) is 24.3 Å². The van der Waals surface area contributed by atoms with Crippen LogP contribution in [-0.4, -0.2) is 71.6 Å². The fourth-order valence-corrected chi connectivity index (χ4v) is 2.48. The Labute approximate surface area is 138 Å². The number of nitrogens with two attached hydrogens (primary N) is 1. The molecule has 1 aromatic rings. The second kappa shape index (κ2) is 7.73. The number of nitrogens with one attached hydrogen (secondary N) is 1. The molecule has 0 aliphatic carbocycles. The fraction of sp³-hybridized carbons (Fsp3) is 0.400. The summed E-state index contributed by atoms with van der Waals surface area (Å²) in [5.41, 5.74) is 5.34. The highest BCUT2D eigenvalue weighted by Crippen LogP contribution is 2.10. The molecule has 0 spiro atoms. The van der Waals surface area contributed by atoms with Gasteiger partial charge < -0.3 is 26.0 Å². The molecule has 1 unspecified atom stereocenters. The van der Waals surface area contributed by atoms with Crippen LogP contribution >= 0.6 is 0 Å². The predicted molar refractivity (Wildman–Crippen MR) is 82.5 cm³/mol. The number of aliphatic hydroxyl groups excluding tert-OH is 1. The molecule has 1 saturated heterocycles. The highest BCUT2D eigenvalue weighted by Gasteiger charge is 2.29. The second-order valence-corrected chi connectivity index (χ2v) is 5.37. The molecule has 130 valence electrons. The zero-order valence-electron chi connectivity index (χ0n) is 12.9. The minimum absolute atomic E-state index is 0.240. The van der Waals surface area contributed by atoms with Crippen LogP contribution in [0.15, 0.2) is 24.3 Å². The molecule has 2 rings (SSSR count). The van der Waals surface area contributed by atoms with Crippen molar-refractivity contribution in [2.75, 3.05) is 32.8 Å². The lowest BCUT2D eigenvalue weighted by Crippen LogP contribution is -2.57. The van der Waals surface area contributed by atoms with E-state index in [1.54, 1.807) is 4.90 Å². The summed E-state index contributed by atoms with van der Waals surface area (Å²) >= 11 is 0. The third-order valence-electron chi connectivity index (χ3n) is 3.77. The van der Waals surface area contributed by atoms with E-state index in [1.165, 1.54) is 29.2 Å². The summed E-state index contributed by atoms with van der Waals surface area (Å²) in [4.78, 5) is 38.3. The number of aliphatic hydroxyl groups is 1. The molecule has 0 bridgehead atoms. The zero-order valence-corrected chi connectivity index (χ0v) is 12.9. The van der Waals surface area contributed by atoms with Gasteiger partial charge in [0, 0.05) is 31.7 Å². The zero-order chi connectivity index (χ0) is 17.7. The average Bonchev–Trinajstić information content (AvgIpc) is 2.59. The molecule has 1 heterocycles. The number of amides is 4. The number of nitrogens with zero attached hydrogens (tertiary/aromatic N) is 2. The molecule has 4 amide bonds. The van der Waals surface area contributed by atoms with Crippen molar-refractivity contribution in [1.82, 2.24) is 15.1 Å². The lowest BCUT2D eigenvalue weighted by Gasteiger charge is -2.36. The van der Waals surface area contributed by atoms with Gasteiger partial charge >= 0.3 is 6.03 Å². The molecular weight excluding hydrogens is 319 g/mol. The first-order valence-electron chi connectivity index (χ1n) is 7.43. The fourth-order valence-electron chi connectivity index (χ4n) is 2.48. The molecule has 24 heavy (non-hydrogen) atoms. The van der Waals surface area contributed by atoms with Crippen molar-refractivity contribution in [2.24, 2.45) is 5.73 Å². The van der Waals surface area contributed by atoms with Gasteiger partial charge in [-0.2, -0.15) is 0 Å². The Morgan fingerprint density at radius 2 is 1.67 bits per heavy atom. The minimum Gasteiger partial charge on any atom is -0.394 e. The van der Waals surface area contributed by atoms with E-state index in [2.05, 4.69) is 5.32 Å². The van der Waals surface area contributed by atoms with Crippen molar-refractivity contribution in [1.29, 1.82) is 0 Å². The van der Waals surface area contributed by atoms with Crippen molar-refractivity contribution < 1.29 is 23.9 Å². The summed E-state index contributed by atoms with van der Waals surface area (Å²) in [6, 6.07) is 3.26. The van der Waals surface area contributed by atoms with Crippen molar-refractivity contribution in [3.8, 4) is 0 Å². The van der Waals surface area contributed by atoms with E-state index >= 15 is 0 Å². The number of rotatable bonds is 4. The summed E-state index contributed by atoms with van der Waals surface area (Å²) in [7, 11) is 0. The van der Waals surface area contributed by atoms with Gasteiger partial charge in [-0.25, -0.2) is 9.18 Å². The summed E-state index contributed by atoms with van der Waals surface area (Å²) in [6.45, 7) is 0.579. The molecule has 4 N–H and O–H groups in total. The smallest absolute Gasteiger partial charge is 0.312 e. The molecular formula is C15H19FN4O4. The van der Waals surface area contributed by atoms with Crippen LogP contribution < -0.4 is 11.1 Å². The van der Waals surface area contributed by atoms with Gasteiger partial charge in [0.25, 0.3) is 5.91 Å². The minimum atomic E-state index is -1.10. The maximum Gasteiger partial charge on any atom is 0.312 e. The van der Waals surface area contributed by atoms with Gasteiger partial charge in [0.1, 0.15) is 11.9 Å². The molecule has 0 radical (unpaired) electrons. The Balaban J connectivity index is 1.92. The van der Waals surface area contributed by atoms with E-state index in [9.17, 15) is 23.9 Å². The first-order chi connectivity index (χ1) is 11.4. The van der Waals surface area contributed by atoms with E-state index in [1.807, 2.05) is 0 Å². The number of piperazine rings is 1. The highest BCUT2D eigenvalue weighted by atomic mass is 19.1. The Morgan fingerprint density at radius 1 is 1.12 bits per heavy atom. The van der Waals surface area contributed by atoms with Crippen molar-refractivity contribution in [3.63, 3.8) is 0 Å². The highest BCUT2D eigenvalue weighted by molar-refractivity contribution is 5.94. The number of benzene rings is 1. The third-order valence-corrected chi connectivity index (χ3v) is 3.77. The first kappa shape index (κ1) is 17.7. The standard InChI is InChI=1S/C15H19FN4O4/c16-11-3-1-10(2-4-11)13(22)19-5-7-20(8-6-19)14(23)12(9-21)18-15(17)24/h1-4,12,21H,5-9H2,(H3,17,18,24). The number of carbonyl (C=O) groups excluding carboxylic acids is 3. The van der Waals surface area contributed by atoms with E-state index in [0.717, 1.165) is 0 Å². The number of hydrogen-bond acceptors (Lipinski definition) is 4. The van der Waals surface area contributed by atoms with Crippen molar-refractivity contribution in [2.45, 2.75) is 6.04 Å². The van der Waals surface area contributed by atoms with Crippen LogP contribution in [0.5, 0.6) is 0 Å². The van der Waals surface area contributed by atoms with Crippen LogP contribution in [0.1, 0.15) is 10.4 Å². The number of halogens is 1. The Kier molecular flexibility index (Phi) is 5.69. The largest absolute Gasteiger partial charge is 0.394 e. The topological polar surface area (TPSA) is 116 Å². The summed E-state index contributed by atoms with van der Waals surface area (Å²) < 4.78 is 12.9. The summed E-state index contributed by atoms with van der Waals surface area (Å²) in [5, 5.41) is 11.3. The first-order valence-corrected chi connectivity index (χ1v) is 7.43. The molecule has 8 nitrogen and oxygen atoms in total. The van der Waals surface area contributed by atoms with E-state index in [4.69, 9.17) is 5.73 Å². The molecule has 1 aliphatic heterocycles. The van der Waals surface area contributed by atoms with Crippen molar-refractivity contribution >= 4 is 17.8 Å². The average molecular weight is 338 g/mol. The number of urea groups is 1. The molecule has 1 aromatic carbocycles. The Morgan fingerprint density at radius 3 is 2.17 bits per heavy atom. The monoisotopic (exact) mass is 338 g/mol. The van der Waals surface area contributed by atoms with Crippen LogP contribution in [0.4, 0.5) is 9.18 Å². The number of hydrogen-bond donors (Lipinski definition) is 3. The van der Waals surface area contributed by atoms with Gasteiger partial charge in [-0.1, -0.05) is 0 Å². The summed E-state index contributed by atoms with van der Waals surface area (Å²) in [6.07, 6.45) is 0. The quantitative estimate of drug-likeness (QED) is 0.662. The van der Waals surface area contributed by atoms with Gasteiger partial charge in [0.2, 0.25) is 5.91 Å². The molecule has 1 atom stereocenters. The molecule has 9 heteroatoms. The van der Waals surface area contributed by atoms with E-state index in [-0.39, 0.29) is 19.0 Å². The van der Waals surface area contributed by atoms with Gasteiger partial charge in [-0.3, -0.25) is 9.59 Å². The SMILES string of the molecule is NC(=O)NC(CO)C(=O)N1CCN(C(=O)c2ccc(F)cc2)CC1. The maximum atomic E-state index is 12.9. The van der Waals surface area contributed by atoms with Crippen molar-refractivity contribution in [3.05, 3.63) is 35.6 Å². The van der Waals surface area contributed by atoms with Crippen LogP contribution in [0, 0.1) is 5.82 Å². The lowest BCUT2D eigenvalue weighted by molar-refractivity contribution is -0.135. The van der Waals surface area contributed by atoms with E-state index in [0.29, 0.717) is 18.7 Å².